The molecule has 124 valence electrons. The summed E-state index contributed by atoms with van der Waals surface area (Å²) in [5, 5.41) is 8.94. The second kappa shape index (κ2) is 9.72. The quantitative estimate of drug-likeness (QED) is 0.442. The molecule has 1 aliphatic heterocycles. The van der Waals surface area contributed by atoms with Crippen LogP contribution in [0.3, 0.4) is 0 Å². The van der Waals surface area contributed by atoms with Gasteiger partial charge in [-0.3, -0.25) is 0 Å². The Labute approximate surface area is 163 Å². The SMILES string of the molecule is CC1(C)OB(c2ccc(CO)c(F)c2)OC1(C)C.[CH2-]OC[S-].[Cd+2]. The summed E-state index contributed by atoms with van der Waals surface area (Å²) >= 11 is 4.27. The first-order chi connectivity index (χ1) is 10.2. The molecule has 23 heavy (non-hydrogen) atoms. The van der Waals surface area contributed by atoms with Crippen molar-refractivity contribution >= 4 is 25.2 Å². The molecular formula is C15H22BCdFO4S. The van der Waals surface area contributed by atoms with Gasteiger partial charge in [-0.15, -0.1) is 5.94 Å². The van der Waals surface area contributed by atoms with Crippen LogP contribution in [0.5, 0.6) is 0 Å². The van der Waals surface area contributed by atoms with Crippen molar-refractivity contribution in [1.29, 1.82) is 0 Å². The molecule has 4 nitrogen and oxygen atoms in total. The zero-order valence-electron chi connectivity index (χ0n) is 14.1. The molecular weight excluding hydrogens is 418 g/mol. The minimum Gasteiger partial charge on any atom is -0.768 e. The normalized spacial score (nSPS) is 18.0. The second-order valence-corrected chi connectivity index (χ2v) is 6.15. The summed E-state index contributed by atoms with van der Waals surface area (Å²) in [5.74, 6) is -0.148. The topological polar surface area (TPSA) is 47.9 Å². The van der Waals surface area contributed by atoms with Gasteiger partial charge in [0.15, 0.2) is 0 Å². The standard InChI is InChI=1S/C13H18BFO3.C2H5OS.Cd/c1-12(2)13(3,4)18-14(17-12)10-6-5-9(8-16)11(15)7-10;1-3-2-4;/h5-7,16H,8H2,1-4H3;4H,1-2H2;/q;-1;+2/p-1. The van der Waals surface area contributed by atoms with Crippen molar-refractivity contribution in [3.8, 4) is 0 Å². The molecule has 0 aliphatic carbocycles. The number of hydrogen-bond acceptors (Lipinski definition) is 5. The van der Waals surface area contributed by atoms with Crippen molar-refractivity contribution in [3.63, 3.8) is 0 Å². The first kappa shape index (κ1) is 23.3. The van der Waals surface area contributed by atoms with Crippen molar-refractivity contribution < 1.29 is 50.8 Å². The maximum absolute atomic E-state index is 13.6. The largest absolute Gasteiger partial charge is 2.00 e. The van der Waals surface area contributed by atoms with Crippen LogP contribution in [0.15, 0.2) is 18.2 Å². The molecule has 2 rings (SSSR count). The number of rotatable bonds is 3. The third-order valence-electron chi connectivity index (χ3n) is 3.86. The van der Waals surface area contributed by atoms with Gasteiger partial charge in [0, 0.05) is 5.56 Å². The third kappa shape index (κ3) is 5.96. The summed E-state index contributed by atoms with van der Waals surface area (Å²) in [6.45, 7) is 7.49. The van der Waals surface area contributed by atoms with Crippen molar-refractivity contribution in [2.45, 2.75) is 45.5 Å². The predicted octanol–water partition coefficient (Wildman–Crippen LogP) is 1.91. The molecule has 8 heteroatoms. The molecule has 0 unspecified atom stereocenters. The molecule has 0 radical (unpaired) electrons. The molecule has 1 fully saturated rings. The van der Waals surface area contributed by atoms with Crippen molar-refractivity contribution in [2.75, 3.05) is 5.94 Å². The Morgan fingerprint density at radius 3 is 2.09 bits per heavy atom. The number of benzene rings is 1. The van der Waals surface area contributed by atoms with Crippen LogP contribution >= 0.6 is 0 Å². The smallest absolute Gasteiger partial charge is 0.768 e. The maximum Gasteiger partial charge on any atom is 2.00 e. The van der Waals surface area contributed by atoms with Crippen LogP contribution in [0.25, 0.3) is 0 Å². The van der Waals surface area contributed by atoms with Crippen molar-refractivity contribution in [2.24, 2.45) is 0 Å². The van der Waals surface area contributed by atoms with Crippen LogP contribution in [0.1, 0.15) is 33.3 Å². The summed E-state index contributed by atoms with van der Waals surface area (Å²) < 4.78 is 29.4. The Morgan fingerprint density at radius 2 is 1.74 bits per heavy atom. The molecule has 0 bridgehead atoms. The number of aliphatic hydroxyl groups is 1. The Balaban J connectivity index is 0.000000871. The molecule has 1 N–H and O–H groups in total. The summed E-state index contributed by atoms with van der Waals surface area (Å²) in [6.07, 6.45) is 0. The first-order valence-electron chi connectivity index (χ1n) is 6.88. The molecule has 1 saturated heterocycles. The Morgan fingerprint density at radius 1 is 1.26 bits per heavy atom. The fraction of sp³-hybridized carbons (Fsp3) is 0.533. The van der Waals surface area contributed by atoms with Gasteiger partial charge in [0.1, 0.15) is 5.82 Å². The van der Waals surface area contributed by atoms with Gasteiger partial charge < -0.3 is 31.8 Å². The van der Waals surface area contributed by atoms with E-state index in [-0.39, 0.29) is 39.5 Å². The molecule has 0 atom stereocenters. The molecule has 1 aromatic rings. The zero-order valence-corrected chi connectivity index (χ0v) is 18.9. The molecule has 0 amide bonds. The van der Waals surface area contributed by atoms with E-state index in [4.69, 9.17) is 14.4 Å². The van der Waals surface area contributed by atoms with Crippen molar-refractivity contribution in [3.05, 3.63) is 36.7 Å². The van der Waals surface area contributed by atoms with E-state index >= 15 is 0 Å². The van der Waals surface area contributed by atoms with E-state index in [1.54, 1.807) is 12.1 Å². The molecule has 0 aromatic heterocycles. The predicted molar refractivity (Wildman–Crippen MR) is 86.7 cm³/mol. The van der Waals surface area contributed by atoms with Crippen LogP contribution in [0, 0.1) is 12.9 Å². The Bertz CT molecular complexity index is 484. The molecule has 1 aliphatic rings. The van der Waals surface area contributed by atoms with Crippen LogP contribution in [-0.2, 0) is 60.6 Å². The Kier molecular flexibility index (Phi) is 9.86. The van der Waals surface area contributed by atoms with Gasteiger partial charge in [-0.1, -0.05) is 12.1 Å². The minimum absolute atomic E-state index is 0. The van der Waals surface area contributed by atoms with E-state index in [0.29, 0.717) is 11.4 Å². The van der Waals surface area contributed by atoms with E-state index in [1.165, 1.54) is 6.07 Å². The van der Waals surface area contributed by atoms with Crippen LogP contribution < -0.4 is 5.46 Å². The van der Waals surface area contributed by atoms with E-state index < -0.39 is 24.1 Å². The third-order valence-corrected chi connectivity index (χ3v) is 4.02. The average Bonchev–Trinajstić information content (AvgIpc) is 2.67. The van der Waals surface area contributed by atoms with Gasteiger partial charge >= 0.3 is 34.4 Å². The average molecular weight is 441 g/mol. The van der Waals surface area contributed by atoms with Crippen LogP contribution in [0.4, 0.5) is 4.39 Å². The maximum atomic E-state index is 13.6. The summed E-state index contributed by atoms with van der Waals surface area (Å²) in [6, 6.07) is 4.63. The molecule has 0 saturated carbocycles. The van der Waals surface area contributed by atoms with Crippen molar-refractivity contribution in [1.82, 2.24) is 0 Å². The van der Waals surface area contributed by atoms with Gasteiger partial charge in [-0.25, -0.2) is 11.5 Å². The summed E-state index contributed by atoms with van der Waals surface area (Å²) in [7, 11) is 2.43. The number of aliphatic hydroxyl groups excluding tert-OH is 1. The first-order valence-corrected chi connectivity index (χ1v) is 7.46. The van der Waals surface area contributed by atoms with Gasteiger partial charge in [-0.05, 0) is 39.2 Å². The molecule has 1 aromatic carbocycles. The summed E-state index contributed by atoms with van der Waals surface area (Å²) in [4.78, 5) is 0. The molecule has 0 spiro atoms. The number of hydrogen-bond donors (Lipinski definition) is 1. The fourth-order valence-corrected chi connectivity index (χ4v) is 1.82. The summed E-state index contributed by atoms with van der Waals surface area (Å²) in [5.41, 5.74) is 0.0201. The van der Waals surface area contributed by atoms with E-state index in [9.17, 15) is 4.39 Å². The van der Waals surface area contributed by atoms with E-state index in [1.807, 2.05) is 27.7 Å². The van der Waals surface area contributed by atoms with Gasteiger partial charge in [0.25, 0.3) is 0 Å². The number of ether oxygens (including phenoxy) is 1. The fourth-order valence-electron chi connectivity index (χ4n) is 1.82. The monoisotopic (exact) mass is 442 g/mol. The zero-order chi connectivity index (χ0) is 17.0. The van der Waals surface area contributed by atoms with E-state index in [0.717, 1.165) is 0 Å². The van der Waals surface area contributed by atoms with Gasteiger partial charge in [-0.2, -0.15) is 0 Å². The van der Waals surface area contributed by atoms with Crippen LogP contribution in [0.2, 0.25) is 0 Å². The minimum atomic E-state index is -0.572. The number of halogens is 1. The van der Waals surface area contributed by atoms with Crippen LogP contribution in [-0.4, -0.2) is 29.4 Å². The van der Waals surface area contributed by atoms with Gasteiger partial charge in [0.2, 0.25) is 0 Å². The van der Waals surface area contributed by atoms with Gasteiger partial charge in [0.05, 0.1) is 17.8 Å². The Hall–Kier alpha value is 0.327. The second-order valence-electron chi connectivity index (χ2n) is 5.92. The molecule has 1 heterocycles. The van der Waals surface area contributed by atoms with E-state index in [2.05, 4.69) is 24.5 Å².